The van der Waals surface area contributed by atoms with Gasteiger partial charge in [-0.2, -0.15) is 0 Å². The molecule has 0 fully saturated rings. The number of hydrogen-bond acceptors (Lipinski definition) is 3. The Morgan fingerprint density at radius 2 is 2.12 bits per heavy atom. The van der Waals surface area contributed by atoms with Gasteiger partial charge in [0.05, 0.1) is 17.2 Å². The fourth-order valence-corrected chi connectivity index (χ4v) is 1.96. The summed E-state index contributed by atoms with van der Waals surface area (Å²) in [6, 6.07) is 2.32. The van der Waals surface area contributed by atoms with E-state index < -0.39 is 0 Å². The van der Waals surface area contributed by atoms with Gasteiger partial charge >= 0.3 is 0 Å². The van der Waals surface area contributed by atoms with Crippen LogP contribution in [0, 0.1) is 0 Å². The van der Waals surface area contributed by atoms with Gasteiger partial charge in [0.2, 0.25) is 0 Å². The zero-order valence-corrected chi connectivity index (χ0v) is 10.0. The second kappa shape index (κ2) is 4.22. The number of fused-ring (bicyclic) bond motifs is 1. The lowest BCUT2D eigenvalue weighted by molar-refractivity contribution is 0.554. The van der Waals surface area contributed by atoms with Gasteiger partial charge in [-0.25, -0.2) is 4.98 Å². The summed E-state index contributed by atoms with van der Waals surface area (Å²) in [5, 5.41) is 0. The molecule has 2 N–H and O–H groups in total. The average Bonchev–Trinajstić information content (AvgIpc) is 2.67. The second-order valence-electron chi connectivity index (χ2n) is 4.43. The van der Waals surface area contributed by atoms with Crippen LogP contribution >= 0.6 is 0 Å². The molecule has 0 aliphatic rings. The highest BCUT2D eigenvalue weighted by molar-refractivity contribution is 5.75. The van der Waals surface area contributed by atoms with Crippen molar-refractivity contribution < 1.29 is 0 Å². The van der Waals surface area contributed by atoms with Gasteiger partial charge in [0, 0.05) is 24.7 Å². The number of imidazole rings is 1. The van der Waals surface area contributed by atoms with Crippen molar-refractivity contribution in [3.63, 3.8) is 0 Å². The Morgan fingerprint density at radius 3 is 2.75 bits per heavy atom. The van der Waals surface area contributed by atoms with Crippen molar-refractivity contribution in [2.45, 2.75) is 32.7 Å². The smallest absolute Gasteiger partial charge is 0.114 e. The van der Waals surface area contributed by atoms with Gasteiger partial charge in [-0.1, -0.05) is 6.92 Å². The molecule has 4 heteroatoms. The molecule has 16 heavy (non-hydrogen) atoms. The molecule has 4 nitrogen and oxygen atoms in total. The summed E-state index contributed by atoms with van der Waals surface area (Å²) in [6.45, 7) is 7.03. The molecule has 1 unspecified atom stereocenters. The lowest BCUT2D eigenvalue weighted by Gasteiger charge is -2.16. The summed E-state index contributed by atoms with van der Waals surface area (Å²) < 4.78 is 2.22. The monoisotopic (exact) mass is 218 g/mol. The first-order valence-electron chi connectivity index (χ1n) is 5.67. The van der Waals surface area contributed by atoms with Crippen LogP contribution < -0.4 is 5.73 Å². The highest BCUT2D eigenvalue weighted by Crippen LogP contribution is 2.24. The molecule has 0 amide bonds. The molecule has 2 aromatic rings. The van der Waals surface area contributed by atoms with Gasteiger partial charge in [-0.3, -0.25) is 4.98 Å². The van der Waals surface area contributed by atoms with E-state index in [0.717, 1.165) is 16.9 Å². The van der Waals surface area contributed by atoms with Crippen molar-refractivity contribution in [2.75, 3.05) is 6.54 Å². The van der Waals surface area contributed by atoms with Crippen LogP contribution in [0.1, 0.15) is 38.6 Å². The topological polar surface area (TPSA) is 56.7 Å². The minimum absolute atomic E-state index is 0.273. The van der Waals surface area contributed by atoms with Crippen molar-refractivity contribution in [2.24, 2.45) is 5.73 Å². The lowest BCUT2D eigenvalue weighted by Crippen LogP contribution is -2.16. The Balaban J connectivity index is 2.68. The summed E-state index contributed by atoms with van der Waals surface area (Å²) in [5.41, 5.74) is 7.82. The molecule has 0 radical (unpaired) electrons. The molecule has 0 spiro atoms. The van der Waals surface area contributed by atoms with Gasteiger partial charge in [-0.15, -0.1) is 0 Å². The predicted octanol–water partition coefficient (Wildman–Crippen LogP) is 2.07. The summed E-state index contributed by atoms with van der Waals surface area (Å²) in [7, 11) is 0. The normalized spacial score (nSPS) is 13.6. The van der Waals surface area contributed by atoms with E-state index in [1.165, 1.54) is 0 Å². The third kappa shape index (κ3) is 1.69. The molecule has 2 aromatic heterocycles. The van der Waals surface area contributed by atoms with E-state index in [-0.39, 0.29) is 5.92 Å². The van der Waals surface area contributed by atoms with Crippen LogP contribution in [0.25, 0.3) is 11.0 Å². The van der Waals surface area contributed by atoms with Gasteiger partial charge < -0.3 is 10.3 Å². The van der Waals surface area contributed by atoms with Crippen molar-refractivity contribution in [1.29, 1.82) is 0 Å². The van der Waals surface area contributed by atoms with Crippen molar-refractivity contribution in [3.05, 3.63) is 24.3 Å². The van der Waals surface area contributed by atoms with E-state index >= 15 is 0 Å². The molecular weight excluding hydrogens is 200 g/mol. The number of rotatable bonds is 3. The maximum Gasteiger partial charge on any atom is 0.114 e. The standard InChI is InChI=1S/C12H18N4/c1-8(2)16-11-7-14-5-4-10(11)15-12(16)9(3)6-13/h4-5,7-9H,6,13H2,1-3H3. The maximum absolute atomic E-state index is 5.73. The van der Waals surface area contributed by atoms with Crippen LogP contribution in [0.4, 0.5) is 0 Å². The Labute approximate surface area is 95.5 Å². The highest BCUT2D eigenvalue weighted by atomic mass is 15.1. The molecular formula is C12H18N4. The zero-order chi connectivity index (χ0) is 11.7. The highest BCUT2D eigenvalue weighted by Gasteiger charge is 2.17. The molecule has 86 valence electrons. The molecule has 2 heterocycles. The summed E-state index contributed by atoms with van der Waals surface area (Å²) in [4.78, 5) is 8.81. The molecule has 0 aliphatic heterocycles. The lowest BCUT2D eigenvalue weighted by atomic mass is 10.1. The molecule has 0 bridgehead atoms. The first-order valence-corrected chi connectivity index (χ1v) is 5.67. The second-order valence-corrected chi connectivity index (χ2v) is 4.43. The Morgan fingerprint density at radius 1 is 1.38 bits per heavy atom. The first kappa shape index (κ1) is 11.1. The van der Waals surface area contributed by atoms with Gasteiger partial charge in [0.15, 0.2) is 0 Å². The molecule has 0 saturated heterocycles. The number of nitrogens with zero attached hydrogens (tertiary/aromatic N) is 3. The quantitative estimate of drug-likeness (QED) is 0.858. The largest absolute Gasteiger partial charge is 0.330 e. The summed E-state index contributed by atoms with van der Waals surface area (Å²) in [5.74, 6) is 1.33. The third-order valence-corrected chi connectivity index (χ3v) is 2.83. The fourth-order valence-electron chi connectivity index (χ4n) is 1.96. The molecule has 0 aliphatic carbocycles. The minimum Gasteiger partial charge on any atom is -0.330 e. The number of hydrogen-bond donors (Lipinski definition) is 1. The molecule has 0 saturated carbocycles. The number of aromatic nitrogens is 3. The van der Waals surface area contributed by atoms with E-state index in [1.54, 1.807) is 6.20 Å². The number of pyridine rings is 1. The van der Waals surface area contributed by atoms with Crippen molar-refractivity contribution in [1.82, 2.24) is 14.5 Å². The van der Waals surface area contributed by atoms with Gasteiger partial charge in [0.1, 0.15) is 5.82 Å². The van der Waals surface area contributed by atoms with Crippen molar-refractivity contribution >= 4 is 11.0 Å². The van der Waals surface area contributed by atoms with E-state index in [4.69, 9.17) is 5.73 Å². The van der Waals surface area contributed by atoms with Gasteiger partial charge in [0.25, 0.3) is 0 Å². The van der Waals surface area contributed by atoms with E-state index in [2.05, 4.69) is 35.3 Å². The molecule has 1 atom stereocenters. The minimum atomic E-state index is 0.273. The van der Waals surface area contributed by atoms with Crippen LogP contribution in [0.5, 0.6) is 0 Å². The van der Waals surface area contributed by atoms with Crippen LogP contribution in [0.2, 0.25) is 0 Å². The molecule has 2 rings (SSSR count). The van der Waals surface area contributed by atoms with E-state index in [9.17, 15) is 0 Å². The predicted molar refractivity (Wildman–Crippen MR) is 65.4 cm³/mol. The van der Waals surface area contributed by atoms with Crippen LogP contribution in [-0.4, -0.2) is 21.1 Å². The first-order chi connectivity index (χ1) is 7.65. The Bertz CT molecular complexity index is 487. The third-order valence-electron chi connectivity index (χ3n) is 2.83. The zero-order valence-electron chi connectivity index (χ0n) is 10.0. The molecule has 0 aromatic carbocycles. The number of nitrogens with two attached hydrogens (primary N) is 1. The van der Waals surface area contributed by atoms with Gasteiger partial charge in [-0.05, 0) is 19.9 Å². The summed E-state index contributed by atoms with van der Waals surface area (Å²) in [6.07, 6.45) is 3.64. The maximum atomic E-state index is 5.73. The fraction of sp³-hybridized carbons (Fsp3) is 0.500. The van der Waals surface area contributed by atoms with Crippen molar-refractivity contribution in [3.8, 4) is 0 Å². The van der Waals surface area contributed by atoms with Crippen LogP contribution in [0.3, 0.4) is 0 Å². The van der Waals surface area contributed by atoms with E-state index in [1.807, 2.05) is 12.3 Å². The van der Waals surface area contributed by atoms with Crippen LogP contribution in [-0.2, 0) is 0 Å². The Kier molecular flexibility index (Phi) is 2.92. The van der Waals surface area contributed by atoms with Crippen LogP contribution in [0.15, 0.2) is 18.5 Å². The summed E-state index contributed by atoms with van der Waals surface area (Å²) >= 11 is 0. The van der Waals surface area contributed by atoms with E-state index in [0.29, 0.717) is 12.6 Å². The SMILES string of the molecule is CC(CN)c1nc2ccncc2n1C(C)C. The average molecular weight is 218 g/mol. The Hall–Kier alpha value is -1.42.